The SMILES string of the molecule is O=C(Oc1oc2ccccc2c1-c1ccccc1)O[C@H](C(=O)OCc1ccccc1)c1ccccc1. The predicted octanol–water partition coefficient (Wildman–Crippen LogP) is 7.10. The predicted molar refractivity (Wildman–Crippen MR) is 134 cm³/mol. The average molecular weight is 479 g/mol. The fourth-order valence-electron chi connectivity index (χ4n) is 3.85. The number of carbonyl (C=O) groups is 2. The topological polar surface area (TPSA) is 75.0 Å². The summed E-state index contributed by atoms with van der Waals surface area (Å²) in [6.07, 6.45) is -2.40. The molecular formula is C30H22O6. The second kappa shape index (κ2) is 10.6. The number of hydrogen-bond acceptors (Lipinski definition) is 6. The molecule has 1 heterocycles. The zero-order valence-electron chi connectivity index (χ0n) is 19.2. The fraction of sp³-hybridized carbons (Fsp3) is 0.0667. The summed E-state index contributed by atoms with van der Waals surface area (Å²) in [6, 6.07) is 34.7. The van der Waals surface area contributed by atoms with E-state index >= 15 is 0 Å². The highest BCUT2D eigenvalue weighted by Crippen LogP contribution is 2.40. The van der Waals surface area contributed by atoms with Crippen molar-refractivity contribution < 1.29 is 28.2 Å². The Balaban J connectivity index is 1.39. The zero-order chi connectivity index (χ0) is 24.7. The Labute approximate surface area is 207 Å². The molecule has 1 aromatic heterocycles. The van der Waals surface area contributed by atoms with Gasteiger partial charge in [0.1, 0.15) is 12.2 Å². The summed E-state index contributed by atoms with van der Waals surface area (Å²) >= 11 is 0. The van der Waals surface area contributed by atoms with E-state index in [1.807, 2.05) is 78.9 Å². The van der Waals surface area contributed by atoms with E-state index in [0.717, 1.165) is 16.5 Å². The van der Waals surface area contributed by atoms with Crippen molar-refractivity contribution in [1.29, 1.82) is 0 Å². The van der Waals surface area contributed by atoms with E-state index in [4.69, 9.17) is 18.6 Å². The van der Waals surface area contributed by atoms with Gasteiger partial charge in [-0.25, -0.2) is 9.59 Å². The quantitative estimate of drug-likeness (QED) is 0.232. The summed E-state index contributed by atoms with van der Waals surface area (Å²) in [6.45, 7) is 0.0448. The van der Waals surface area contributed by atoms with Crippen LogP contribution in [0.5, 0.6) is 5.95 Å². The van der Waals surface area contributed by atoms with E-state index in [2.05, 4.69) is 0 Å². The van der Waals surface area contributed by atoms with Gasteiger partial charge in [-0.2, -0.15) is 0 Å². The minimum Gasteiger partial charge on any atom is -0.458 e. The summed E-state index contributed by atoms with van der Waals surface area (Å²) in [5.74, 6) is -0.730. The van der Waals surface area contributed by atoms with Gasteiger partial charge >= 0.3 is 18.1 Å². The lowest BCUT2D eigenvalue weighted by atomic mass is 10.0. The van der Waals surface area contributed by atoms with Crippen molar-refractivity contribution in [3.05, 3.63) is 126 Å². The van der Waals surface area contributed by atoms with Crippen LogP contribution in [0.25, 0.3) is 22.1 Å². The molecule has 0 N–H and O–H groups in total. The molecule has 0 aliphatic rings. The summed E-state index contributed by atoms with van der Waals surface area (Å²) in [5, 5.41) is 0.786. The van der Waals surface area contributed by atoms with E-state index < -0.39 is 18.2 Å². The van der Waals surface area contributed by atoms with Crippen molar-refractivity contribution >= 4 is 23.1 Å². The molecule has 0 unspecified atom stereocenters. The maximum absolute atomic E-state index is 13.0. The number of benzene rings is 4. The van der Waals surface area contributed by atoms with Crippen molar-refractivity contribution in [3.63, 3.8) is 0 Å². The first-order valence-corrected chi connectivity index (χ1v) is 11.4. The van der Waals surface area contributed by atoms with Crippen molar-refractivity contribution in [2.45, 2.75) is 12.7 Å². The smallest absolute Gasteiger partial charge is 0.458 e. The number of carbonyl (C=O) groups excluding carboxylic acids is 2. The fourth-order valence-corrected chi connectivity index (χ4v) is 3.85. The average Bonchev–Trinajstić information content (AvgIpc) is 3.29. The van der Waals surface area contributed by atoms with Gasteiger partial charge in [-0.15, -0.1) is 0 Å². The molecule has 0 saturated carbocycles. The number of rotatable bonds is 7. The van der Waals surface area contributed by atoms with Crippen LogP contribution in [0.3, 0.4) is 0 Å². The molecular weight excluding hydrogens is 456 g/mol. The van der Waals surface area contributed by atoms with Crippen LogP contribution in [0, 0.1) is 0 Å². The molecule has 0 aliphatic carbocycles. The van der Waals surface area contributed by atoms with E-state index in [9.17, 15) is 9.59 Å². The Hall–Kier alpha value is -4.84. The minimum atomic E-state index is -1.31. The maximum Gasteiger partial charge on any atom is 0.517 e. The molecule has 0 aliphatic heterocycles. The molecule has 0 spiro atoms. The number of para-hydroxylation sites is 1. The Morgan fingerprint density at radius 3 is 2.06 bits per heavy atom. The molecule has 0 radical (unpaired) electrons. The third kappa shape index (κ3) is 5.13. The normalized spacial score (nSPS) is 11.6. The van der Waals surface area contributed by atoms with Crippen molar-refractivity contribution in [1.82, 2.24) is 0 Å². The van der Waals surface area contributed by atoms with Gasteiger partial charge in [0.2, 0.25) is 6.10 Å². The summed E-state index contributed by atoms with van der Waals surface area (Å²) in [7, 11) is 0. The lowest BCUT2D eigenvalue weighted by molar-refractivity contribution is -0.156. The summed E-state index contributed by atoms with van der Waals surface area (Å²) in [5.41, 5.74) is 3.26. The van der Waals surface area contributed by atoms with Crippen LogP contribution in [-0.2, 0) is 20.9 Å². The Morgan fingerprint density at radius 1 is 0.722 bits per heavy atom. The van der Waals surface area contributed by atoms with E-state index in [-0.39, 0.29) is 12.6 Å². The first kappa shape index (κ1) is 22.9. The first-order valence-electron chi connectivity index (χ1n) is 11.4. The third-order valence-electron chi connectivity index (χ3n) is 5.56. The van der Waals surface area contributed by atoms with Gasteiger partial charge < -0.3 is 18.6 Å². The highest BCUT2D eigenvalue weighted by molar-refractivity contribution is 5.97. The van der Waals surface area contributed by atoms with Gasteiger partial charge in [-0.3, -0.25) is 0 Å². The summed E-state index contributed by atoms with van der Waals surface area (Å²) in [4.78, 5) is 25.9. The number of esters is 1. The van der Waals surface area contributed by atoms with Crippen LogP contribution >= 0.6 is 0 Å². The number of ether oxygens (including phenoxy) is 3. The lowest BCUT2D eigenvalue weighted by Crippen LogP contribution is -2.23. The van der Waals surface area contributed by atoms with Gasteiger partial charge in [-0.05, 0) is 17.2 Å². The lowest BCUT2D eigenvalue weighted by Gasteiger charge is -2.17. The van der Waals surface area contributed by atoms with Crippen LogP contribution in [0.15, 0.2) is 120 Å². The summed E-state index contributed by atoms with van der Waals surface area (Å²) < 4.78 is 22.3. The Bertz CT molecular complexity index is 1460. The molecule has 6 heteroatoms. The van der Waals surface area contributed by atoms with Gasteiger partial charge in [0.15, 0.2) is 0 Å². The van der Waals surface area contributed by atoms with E-state index in [1.165, 1.54) is 0 Å². The van der Waals surface area contributed by atoms with Crippen LogP contribution in [-0.4, -0.2) is 12.1 Å². The maximum atomic E-state index is 13.0. The highest BCUT2D eigenvalue weighted by Gasteiger charge is 2.29. The molecule has 0 amide bonds. The second-order valence-corrected chi connectivity index (χ2v) is 7.98. The third-order valence-corrected chi connectivity index (χ3v) is 5.56. The molecule has 6 nitrogen and oxygen atoms in total. The van der Waals surface area contributed by atoms with E-state index in [0.29, 0.717) is 16.7 Å². The standard InChI is InChI=1S/C30H22O6/c31-28(33-20-21-12-4-1-5-13-21)27(23-16-8-3-9-17-23)35-30(32)36-29-26(22-14-6-2-7-15-22)24-18-10-11-19-25(24)34-29/h1-19,27H,20H2/t27-/m0/s1. The van der Waals surface area contributed by atoms with E-state index in [1.54, 1.807) is 36.4 Å². The minimum absolute atomic E-state index is 0.0168. The Morgan fingerprint density at radius 2 is 1.33 bits per heavy atom. The molecule has 1 atom stereocenters. The monoisotopic (exact) mass is 478 g/mol. The van der Waals surface area contributed by atoms with Crippen molar-refractivity contribution in [3.8, 4) is 17.1 Å². The first-order chi connectivity index (χ1) is 17.7. The molecule has 0 saturated heterocycles. The molecule has 5 rings (SSSR count). The van der Waals surface area contributed by atoms with Gasteiger partial charge in [0.05, 0.1) is 5.56 Å². The molecule has 5 aromatic rings. The van der Waals surface area contributed by atoms with Crippen molar-refractivity contribution in [2.24, 2.45) is 0 Å². The molecule has 0 fully saturated rings. The molecule has 178 valence electrons. The van der Waals surface area contributed by atoms with Crippen LogP contribution < -0.4 is 4.74 Å². The molecule has 0 bridgehead atoms. The second-order valence-electron chi connectivity index (χ2n) is 7.98. The molecule has 36 heavy (non-hydrogen) atoms. The van der Waals surface area contributed by atoms with Gasteiger partial charge in [0, 0.05) is 10.9 Å². The number of hydrogen-bond donors (Lipinski definition) is 0. The van der Waals surface area contributed by atoms with Crippen molar-refractivity contribution in [2.75, 3.05) is 0 Å². The van der Waals surface area contributed by atoms with Crippen LogP contribution in [0.4, 0.5) is 4.79 Å². The van der Waals surface area contributed by atoms with Gasteiger partial charge in [0.25, 0.3) is 0 Å². The van der Waals surface area contributed by atoms with Crippen LogP contribution in [0.1, 0.15) is 17.2 Å². The van der Waals surface area contributed by atoms with Crippen LogP contribution in [0.2, 0.25) is 0 Å². The van der Waals surface area contributed by atoms with Gasteiger partial charge in [-0.1, -0.05) is 109 Å². The zero-order valence-corrected chi connectivity index (χ0v) is 19.2. The molecule has 4 aromatic carbocycles. The highest BCUT2D eigenvalue weighted by atomic mass is 16.8. The largest absolute Gasteiger partial charge is 0.517 e. The number of furan rings is 1. The Kier molecular flexibility index (Phi) is 6.76. The number of fused-ring (bicyclic) bond motifs is 1.